The average molecular weight is 325 g/mol. The van der Waals surface area contributed by atoms with Gasteiger partial charge >= 0.3 is 11.9 Å². The lowest BCUT2D eigenvalue weighted by Crippen LogP contribution is -2.25. The highest BCUT2D eigenvalue weighted by Gasteiger charge is 2.37. The van der Waals surface area contributed by atoms with E-state index in [4.69, 9.17) is 14.2 Å². The Morgan fingerprint density at radius 3 is 1.96 bits per heavy atom. The summed E-state index contributed by atoms with van der Waals surface area (Å²) in [7, 11) is 3.13. The van der Waals surface area contributed by atoms with Gasteiger partial charge < -0.3 is 14.2 Å². The van der Waals surface area contributed by atoms with E-state index in [0.717, 1.165) is 5.56 Å². The van der Waals surface area contributed by atoms with Crippen LogP contribution in [0, 0.1) is 0 Å². The van der Waals surface area contributed by atoms with Gasteiger partial charge in [-0.1, -0.05) is 12.1 Å². The number of amides is 1. The van der Waals surface area contributed by atoms with E-state index in [9.17, 15) is 9.59 Å². The molecule has 2 aromatic carbocycles. The second-order valence-corrected chi connectivity index (χ2v) is 4.98. The zero-order valence-electron chi connectivity index (χ0n) is 13.2. The predicted molar refractivity (Wildman–Crippen MR) is 87.5 cm³/mol. The molecule has 6 nitrogen and oxygen atoms in total. The highest BCUT2D eigenvalue weighted by molar-refractivity contribution is 6.41. The van der Waals surface area contributed by atoms with Crippen LogP contribution in [0.4, 0.5) is 5.69 Å². The minimum atomic E-state index is -0.912. The van der Waals surface area contributed by atoms with Gasteiger partial charge in [-0.15, -0.1) is 0 Å². The molecule has 1 aliphatic rings. The first-order chi connectivity index (χ1) is 11.6. The molecule has 1 saturated heterocycles. The number of benzene rings is 2. The lowest BCUT2D eigenvalue weighted by Gasteiger charge is -2.14. The molecule has 1 amide bonds. The van der Waals surface area contributed by atoms with Crippen molar-refractivity contribution in [3.63, 3.8) is 0 Å². The second-order valence-electron chi connectivity index (χ2n) is 4.98. The van der Waals surface area contributed by atoms with E-state index in [1.165, 1.54) is 4.90 Å². The van der Waals surface area contributed by atoms with E-state index < -0.39 is 11.9 Å². The van der Waals surface area contributed by atoms with Crippen LogP contribution in [0.15, 0.2) is 54.4 Å². The smallest absolute Gasteiger partial charge is 0.404 e. The van der Waals surface area contributed by atoms with E-state index in [2.05, 4.69) is 0 Å². The molecule has 24 heavy (non-hydrogen) atoms. The molecule has 2 aromatic rings. The van der Waals surface area contributed by atoms with Gasteiger partial charge in [-0.2, -0.15) is 0 Å². The van der Waals surface area contributed by atoms with Crippen LogP contribution in [-0.4, -0.2) is 26.1 Å². The van der Waals surface area contributed by atoms with Crippen molar-refractivity contribution in [3.05, 3.63) is 60.0 Å². The molecule has 3 rings (SSSR count). The monoisotopic (exact) mass is 325 g/mol. The Morgan fingerprint density at radius 1 is 0.875 bits per heavy atom. The standard InChI is InChI=1S/C18H15NO5/c1-22-14-7-3-12(4-8-14)11-16-19(17(20)18(21)24-16)13-5-9-15(23-2)10-6-13/h3-11H,1-2H3/b16-11+. The number of anilines is 1. The quantitative estimate of drug-likeness (QED) is 0.638. The SMILES string of the molecule is COc1ccc(/C=C2/OC(=O)C(=O)N2c2ccc(OC)cc2)cc1. The van der Waals surface area contributed by atoms with Crippen molar-refractivity contribution < 1.29 is 23.8 Å². The lowest BCUT2D eigenvalue weighted by atomic mass is 10.2. The maximum atomic E-state index is 12.1. The fourth-order valence-electron chi connectivity index (χ4n) is 2.29. The molecule has 0 unspecified atom stereocenters. The summed E-state index contributed by atoms with van der Waals surface area (Å²) in [6.45, 7) is 0. The summed E-state index contributed by atoms with van der Waals surface area (Å²) in [4.78, 5) is 25.0. The first kappa shape index (κ1) is 15.6. The third kappa shape index (κ3) is 2.94. The normalized spacial score (nSPS) is 15.6. The van der Waals surface area contributed by atoms with Crippen LogP contribution in [-0.2, 0) is 14.3 Å². The third-order valence-electron chi connectivity index (χ3n) is 3.53. The summed E-state index contributed by atoms with van der Waals surface area (Å²) < 4.78 is 15.3. The van der Waals surface area contributed by atoms with Gasteiger partial charge in [0.15, 0.2) is 0 Å². The number of hydrogen-bond donors (Lipinski definition) is 0. The Morgan fingerprint density at radius 2 is 1.42 bits per heavy atom. The van der Waals surface area contributed by atoms with Crippen molar-refractivity contribution in [1.29, 1.82) is 0 Å². The van der Waals surface area contributed by atoms with E-state index >= 15 is 0 Å². The van der Waals surface area contributed by atoms with Crippen LogP contribution in [0.25, 0.3) is 6.08 Å². The van der Waals surface area contributed by atoms with E-state index in [1.54, 1.807) is 68.8 Å². The lowest BCUT2D eigenvalue weighted by molar-refractivity contribution is -0.145. The van der Waals surface area contributed by atoms with Gasteiger partial charge in [-0.05, 0) is 42.0 Å². The summed E-state index contributed by atoms with van der Waals surface area (Å²) in [6.07, 6.45) is 1.62. The number of cyclic esters (lactones) is 1. The first-order valence-electron chi connectivity index (χ1n) is 7.18. The van der Waals surface area contributed by atoms with Crippen molar-refractivity contribution in [2.45, 2.75) is 0 Å². The van der Waals surface area contributed by atoms with Gasteiger partial charge in [0.2, 0.25) is 5.88 Å². The summed E-state index contributed by atoms with van der Waals surface area (Å²) in [6, 6.07) is 13.9. The first-order valence-corrected chi connectivity index (χ1v) is 7.18. The Bertz CT molecular complexity index is 793. The minimum absolute atomic E-state index is 0.153. The number of nitrogens with zero attached hydrogens (tertiary/aromatic N) is 1. The van der Waals surface area contributed by atoms with Crippen molar-refractivity contribution in [2.75, 3.05) is 19.1 Å². The minimum Gasteiger partial charge on any atom is -0.497 e. The molecule has 0 spiro atoms. The van der Waals surface area contributed by atoms with Crippen LogP contribution in [0.3, 0.4) is 0 Å². The fourth-order valence-corrected chi connectivity index (χ4v) is 2.29. The predicted octanol–water partition coefficient (Wildman–Crippen LogP) is 2.59. The van der Waals surface area contributed by atoms with E-state index in [1.807, 2.05) is 0 Å². The zero-order chi connectivity index (χ0) is 17.1. The molecule has 0 radical (unpaired) electrons. The molecule has 0 aromatic heterocycles. The molecule has 0 saturated carbocycles. The van der Waals surface area contributed by atoms with E-state index in [0.29, 0.717) is 17.2 Å². The van der Waals surface area contributed by atoms with Crippen LogP contribution in [0.5, 0.6) is 11.5 Å². The second kappa shape index (κ2) is 6.45. The number of carbonyl (C=O) groups excluding carboxylic acids is 2. The number of rotatable bonds is 4. The van der Waals surface area contributed by atoms with Crippen molar-refractivity contribution in [2.24, 2.45) is 0 Å². The Balaban J connectivity index is 1.95. The highest BCUT2D eigenvalue weighted by Crippen LogP contribution is 2.29. The maximum absolute atomic E-state index is 12.1. The number of esters is 1. The fraction of sp³-hybridized carbons (Fsp3) is 0.111. The number of ether oxygens (including phenoxy) is 3. The average Bonchev–Trinajstić information content (AvgIpc) is 2.89. The van der Waals surface area contributed by atoms with Crippen LogP contribution in [0.2, 0.25) is 0 Å². The maximum Gasteiger partial charge on any atom is 0.404 e. The Kier molecular flexibility index (Phi) is 4.20. The summed E-state index contributed by atoms with van der Waals surface area (Å²) >= 11 is 0. The molecule has 0 N–H and O–H groups in total. The summed E-state index contributed by atoms with van der Waals surface area (Å²) in [5.74, 6) is -0.132. The van der Waals surface area contributed by atoms with Gasteiger partial charge in [-0.3, -0.25) is 4.79 Å². The summed E-state index contributed by atoms with van der Waals surface area (Å²) in [5, 5.41) is 0. The van der Waals surface area contributed by atoms with Crippen molar-refractivity contribution in [3.8, 4) is 11.5 Å². The third-order valence-corrected chi connectivity index (χ3v) is 3.53. The van der Waals surface area contributed by atoms with Crippen molar-refractivity contribution >= 4 is 23.6 Å². The summed E-state index contributed by atoms with van der Waals surface area (Å²) in [5.41, 5.74) is 1.29. The number of hydrogen-bond acceptors (Lipinski definition) is 5. The molecule has 1 aliphatic heterocycles. The van der Waals surface area contributed by atoms with Gasteiger partial charge in [0.25, 0.3) is 0 Å². The zero-order valence-corrected chi connectivity index (χ0v) is 13.2. The largest absolute Gasteiger partial charge is 0.497 e. The Labute approximate surface area is 138 Å². The number of carbonyl (C=O) groups is 2. The highest BCUT2D eigenvalue weighted by atomic mass is 16.6. The molecule has 0 aliphatic carbocycles. The molecule has 1 fully saturated rings. The number of methoxy groups -OCH3 is 2. The Hall–Kier alpha value is -3.28. The molecule has 1 heterocycles. The molecule has 6 heteroatoms. The molecular weight excluding hydrogens is 310 g/mol. The van der Waals surface area contributed by atoms with Gasteiger partial charge in [0, 0.05) is 6.08 Å². The van der Waals surface area contributed by atoms with Crippen LogP contribution >= 0.6 is 0 Å². The molecule has 0 bridgehead atoms. The van der Waals surface area contributed by atoms with Gasteiger partial charge in [-0.25, -0.2) is 9.69 Å². The van der Waals surface area contributed by atoms with E-state index in [-0.39, 0.29) is 5.88 Å². The van der Waals surface area contributed by atoms with Gasteiger partial charge in [0.05, 0.1) is 19.9 Å². The van der Waals surface area contributed by atoms with Crippen LogP contribution < -0.4 is 14.4 Å². The van der Waals surface area contributed by atoms with Gasteiger partial charge in [0.1, 0.15) is 11.5 Å². The molecular formula is C18H15NO5. The van der Waals surface area contributed by atoms with Crippen molar-refractivity contribution in [1.82, 2.24) is 0 Å². The molecule has 122 valence electrons. The molecule has 0 atom stereocenters. The van der Waals surface area contributed by atoms with Crippen LogP contribution in [0.1, 0.15) is 5.56 Å². The topological polar surface area (TPSA) is 65.1 Å².